The molecule has 27 heavy (non-hydrogen) atoms. The van der Waals surface area contributed by atoms with Crippen molar-refractivity contribution in [1.82, 2.24) is 5.32 Å². The van der Waals surface area contributed by atoms with E-state index in [0.717, 1.165) is 0 Å². The van der Waals surface area contributed by atoms with E-state index < -0.39 is 22.8 Å². The Morgan fingerprint density at radius 2 is 2.00 bits per heavy atom. The normalized spacial score (nSPS) is 25.3. The first kappa shape index (κ1) is 19.3. The van der Waals surface area contributed by atoms with Gasteiger partial charge in [0.25, 0.3) is 5.91 Å². The Morgan fingerprint density at radius 3 is 2.59 bits per heavy atom. The monoisotopic (exact) mass is 379 g/mol. The average molecular weight is 379 g/mol. The van der Waals surface area contributed by atoms with Crippen LogP contribution in [0.5, 0.6) is 17.2 Å². The summed E-state index contributed by atoms with van der Waals surface area (Å²) in [5.74, 6) is -0.400. The first-order valence-corrected chi connectivity index (χ1v) is 8.92. The number of hydrogen-bond acceptors (Lipinski definition) is 6. The standard InChI is InChI=1S/C19H25NO7/c1-5-25-14-10-19(17(22)23,18(14,2)3)20-16(21)11-8-12(24-4)15-13(9-11)26-6-7-27-15/h8-9,14H,5-7,10H2,1-4H3,(H,20,21)(H,22,23). The molecular weight excluding hydrogens is 354 g/mol. The predicted octanol–water partition coefficient (Wildman–Crippen LogP) is 1.85. The number of rotatable bonds is 6. The molecule has 2 atom stereocenters. The number of carboxylic acids is 1. The van der Waals surface area contributed by atoms with Crippen molar-refractivity contribution >= 4 is 11.9 Å². The van der Waals surface area contributed by atoms with Gasteiger partial charge in [-0.1, -0.05) is 13.8 Å². The number of methoxy groups -OCH3 is 1. The first-order valence-electron chi connectivity index (χ1n) is 8.92. The molecule has 1 aliphatic heterocycles. The number of carboxylic acid groups (broad SMARTS) is 1. The van der Waals surface area contributed by atoms with Crippen LogP contribution in [0.3, 0.4) is 0 Å². The van der Waals surface area contributed by atoms with Crippen LogP contribution in [0.2, 0.25) is 0 Å². The van der Waals surface area contributed by atoms with Crippen LogP contribution in [0.1, 0.15) is 37.6 Å². The molecule has 3 rings (SSSR count). The van der Waals surface area contributed by atoms with Crippen LogP contribution in [0, 0.1) is 5.41 Å². The Labute approximate surface area is 157 Å². The maximum absolute atomic E-state index is 12.9. The van der Waals surface area contributed by atoms with Gasteiger partial charge in [0, 0.05) is 24.0 Å². The van der Waals surface area contributed by atoms with Gasteiger partial charge in [0.05, 0.1) is 13.2 Å². The fourth-order valence-corrected chi connectivity index (χ4v) is 3.71. The summed E-state index contributed by atoms with van der Waals surface area (Å²) < 4.78 is 22.0. The number of nitrogens with one attached hydrogen (secondary N) is 1. The number of carbonyl (C=O) groups excluding carboxylic acids is 1. The fraction of sp³-hybridized carbons (Fsp3) is 0.579. The minimum atomic E-state index is -1.41. The molecular formula is C19H25NO7. The molecule has 2 N–H and O–H groups in total. The van der Waals surface area contributed by atoms with E-state index in [2.05, 4.69) is 5.32 Å². The summed E-state index contributed by atoms with van der Waals surface area (Å²) in [4.78, 5) is 24.9. The molecule has 2 unspecified atom stereocenters. The van der Waals surface area contributed by atoms with Gasteiger partial charge >= 0.3 is 5.97 Å². The zero-order valence-corrected chi connectivity index (χ0v) is 16.0. The molecule has 0 radical (unpaired) electrons. The Kier molecular flexibility index (Phi) is 4.94. The van der Waals surface area contributed by atoms with Gasteiger partial charge in [-0.25, -0.2) is 4.79 Å². The topological polar surface area (TPSA) is 103 Å². The lowest BCUT2D eigenvalue weighted by Crippen LogP contribution is -2.76. The number of aliphatic carboxylic acids is 1. The highest BCUT2D eigenvalue weighted by atomic mass is 16.6. The van der Waals surface area contributed by atoms with Crippen molar-refractivity contribution < 1.29 is 33.6 Å². The number of ether oxygens (including phenoxy) is 4. The number of benzene rings is 1. The summed E-state index contributed by atoms with van der Waals surface area (Å²) in [5, 5.41) is 12.6. The SMILES string of the molecule is CCOC1CC(NC(=O)c2cc(OC)c3c(c2)OCCO3)(C(=O)O)C1(C)C. The maximum atomic E-state index is 12.9. The van der Waals surface area contributed by atoms with Crippen molar-refractivity contribution in [2.45, 2.75) is 38.8 Å². The largest absolute Gasteiger partial charge is 0.493 e. The molecule has 0 bridgehead atoms. The molecule has 0 aromatic heterocycles. The number of carbonyl (C=O) groups is 2. The van der Waals surface area contributed by atoms with E-state index in [1.54, 1.807) is 13.8 Å². The molecule has 2 aliphatic rings. The van der Waals surface area contributed by atoms with Gasteiger partial charge < -0.3 is 29.4 Å². The molecule has 8 heteroatoms. The highest BCUT2D eigenvalue weighted by molar-refractivity contribution is 5.99. The second kappa shape index (κ2) is 6.92. The van der Waals surface area contributed by atoms with E-state index in [1.165, 1.54) is 19.2 Å². The van der Waals surface area contributed by atoms with Crippen molar-refractivity contribution in [3.05, 3.63) is 17.7 Å². The van der Waals surface area contributed by atoms with E-state index in [4.69, 9.17) is 18.9 Å². The van der Waals surface area contributed by atoms with Crippen molar-refractivity contribution in [3.63, 3.8) is 0 Å². The third-order valence-electron chi connectivity index (χ3n) is 5.55. The minimum Gasteiger partial charge on any atom is -0.493 e. The lowest BCUT2D eigenvalue weighted by molar-refractivity contribution is -0.190. The van der Waals surface area contributed by atoms with Gasteiger partial charge in [-0.2, -0.15) is 0 Å². The van der Waals surface area contributed by atoms with Crippen LogP contribution in [-0.2, 0) is 9.53 Å². The van der Waals surface area contributed by atoms with Crippen LogP contribution >= 0.6 is 0 Å². The highest BCUT2D eigenvalue weighted by Crippen LogP contribution is 2.52. The quantitative estimate of drug-likeness (QED) is 0.777. The molecule has 1 aromatic rings. The summed E-state index contributed by atoms with van der Waals surface area (Å²) in [7, 11) is 1.47. The van der Waals surface area contributed by atoms with Crippen molar-refractivity contribution in [3.8, 4) is 17.2 Å². The first-order chi connectivity index (χ1) is 12.8. The molecule has 1 saturated carbocycles. The van der Waals surface area contributed by atoms with E-state index in [-0.39, 0.29) is 18.1 Å². The number of fused-ring (bicyclic) bond motifs is 1. The molecule has 1 amide bonds. The van der Waals surface area contributed by atoms with Crippen LogP contribution < -0.4 is 19.5 Å². The number of hydrogen-bond donors (Lipinski definition) is 2. The summed E-state index contributed by atoms with van der Waals surface area (Å²) >= 11 is 0. The second-order valence-corrected chi connectivity index (χ2v) is 7.24. The van der Waals surface area contributed by atoms with E-state index in [1.807, 2.05) is 6.92 Å². The number of amides is 1. The smallest absolute Gasteiger partial charge is 0.330 e. The van der Waals surface area contributed by atoms with Crippen molar-refractivity contribution in [1.29, 1.82) is 0 Å². The average Bonchev–Trinajstić information content (AvgIpc) is 2.65. The van der Waals surface area contributed by atoms with Crippen molar-refractivity contribution in [2.75, 3.05) is 26.9 Å². The summed E-state index contributed by atoms with van der Waals surface area (Å²) in [6.07, 6.45) is -0.0370. The van der Waals surface area contributed by atoms with Gasteiger partial charge in [0.15, 0.2) is 11.5 Å². The van der Waals surface area contributed by atoms with Gasteiger partial charge in [-0.15, -0.1) is 0 Å². The predicted molar refractivity (Wildman–Crippen MR) is 95.6 cm³/mol. The van der Waals surface area contributed by atoms with Crippen LogP contribution in [0.25, 0.3) is 0 Å². The summed E-state index contributed by atoms with van der Waals surface area (Å²) in [6, 6.07) is 3.05. The fourth-order valence-electron chi connectivity index (χ4n) is 3.71. The van der Waals surface area contributed by atoms with E-state index in [9.17, 15) is 14.7 Å². The molecule has 0 spiro atoms. The lowest BCUT2D eigenvalue weighted by Gasteiger charge is -2.58. The molecule has 148 valence electrons. The lowest BCUT2D eigenvalue weighted by atomic mass is 9.54. The molecule has 1 aliphatic carbocycles. The van der Waals surface area contributed by atoms with Gasteiger partial charge in [0.2, 0.25) is 5.75 Å². The van der Waals surface area contributed by atoms with Crippen molar-refractivity contribution in [2.24, 2.45) is 5.41 Å². The maximum Gasteiger partial charge on any atom is 0.330 e. The molecule has 1 fully saturated rings. The third kappa shape index (κ3) is 2.97. The highest BCUT2D eigenvalue weighted by Gasteiger charge is 2.66. The third-order valence-corrected chi connectivity index (χ3v) is 5.55. The van der Waals surface area contributed by atoms with Crippen LogP contribution in [0.15, 0.2) is 12.1 Å². The minimum absolute atomic E-state index is 0.205. The molecule has 0 saturated heterocycles. The van der Waals surface area contributed by atoms with Gasteiger partial charge in [-0.05, 0) is 19.1 Å². The van der Waals surface area contributed by atoms with E-state index >= 15 is 0 Å². The molecule has 1 heterocycles. The van der Waals surface area contributed by atoms with Crippen LogP contribution in [0.4, 0.5) is 0 Å². The zero-order valence-electron chi connectivity index (χ0n) is 16.0. The molecule has 1 aromatic carbocycles. The summed E-state index contributed by atoms with van der Waals surface area (Å²) in [6.45, 7) is 6.67. The zero-order chi connectivity index (χ0) is 19.8. The molecule has 8 nitrogen and oxygen atoms in total. The van der Waals surface area contributed by atoms with Gasteiger partial charge in [0.1, 0.15) is 18.8 Å². The Hall–Kier alpha value is -2.48. The second-order valence-electron chi connectivity index (χ2n) is 7.24. The van der Waals surface area contributed by atoms with Crippen LogP contribution in [-0.4, -0.2) is 55.6 Å². The Bertz CT molecular complexity index is 743. The Morgan fingerprint density at radius 1 is 1.30 bits per heavy atom. The summed E-state index contributed by atoms with van der Waals surface area (Å²) in [5.41, 5.74) is -1.93. The van der Waals surface area contributed by atoms with Gasteiger partial charge in [-0.3, -0.25) is 4.79 Å². The van der Waals surface area contributed by atoms with E-state index in [0.29, 0.717) is 37.1 Å². The Balaban J connectivity index is 1.89.